The maximum Gasteiger partial charge on any atom is 0.100 e. The lowest BCUT2D eigenvalue weighted by molar-refractivity contribution is -0.00412. The number of rotatable bonds is 6. The molecule has 25 heavy (non-hydrogen) atoms. The standard InChI is InChI=1S/C19H24N4OS/c1-22-14-20-12-18(22)19-10-15(6-8-24-19)21-11-16-4-2-7-23(16)13-17-5-3-9-25-17/h2-5,7,9,12,14-15,19,21H,6,8,10-11,13H2,1H3/t15-,19+/m0/s1. The molecule has 0 aliphatic carbocycles. The average Bonchev–Trinajstić information content (AvgIpc) is 3.36. The number of hydrogen-bond acceptors (Lipinski definition) is 4. The molecule has 1 saturated heterocycles. The molecule has 0 bridgehead atoms. The molecule has 1 aliphatic rings. The van der Waals surface area contributed by atoms with Gasteiger partial charge in [0.25, 0.3) is 0 Å². The molecule has 5 nitrogen and oxygen atoms in total. The molecule has 1 fully saturated rings. The van der Waals surface area contributed by atoms with Gasteiger partial charge in [-0.3, -0.25) is 0 Å². The first-order chi connectivity index (χ1) is 12.3. The summed E-state index contributed by atoms with van der Waals surface area (Å²) in [6.45, 7) is 2.64. The van der Waals surface area contributed by atoms with Crippen LogP contribution in [-0.2, 0) is 24.9 Å². The predicted molar refractivity (Wildman–Crippen MR) is 99.6 cm³/mol. The van der Waals surface area contributed by atoms with Crippen LogP contribution in [0.3, 0.4) is 0 Å². The number of aryl methyl sites for hydroxylation is 1. The lowest BCUT2D eigenvalue weighted by Crippen LogP contribution is -2.36. The van der Waals surface area contributed by atoms with Crippen LogP contribution in [0, 0.1) is 0 Å². The van der Waals surface area contributed by atoms with E-state index in [0.717, 1.165) is 38.2 Å². The summed E-state index contributed by atoms with van der Waals surface area (Å²) in [6, 6.07) is 9.12. The molecular formula is C19H24N4OS. The third-order valence-corrected chi connectivity index (χ3v) is 5.73. The van der Waals surface area contributed by atoms with Gasteiger partial charge in [0, 0.05) is 43.0 Å². The van der Waals surface area contributed by atoms with E-state index >= 15 is 0 Å². The van der Waals surface area contributed by atoms with Gasteiger partial charge in [-0.05, 0) is 36.4 Å². The van der Waals surface area contributed by atoms with E-state index in [2.05, 4.69) is 55.3 Å². The van der Waals surface area contributed by atoms with Crippen LogP contribution >= 0.6 is 11.3 Å². The first-order valence-electron chi connectivity index (χ1n) is 8.77. The molecule has 2 atom stereocenters. The quantitative estimate of drug-likeness (QED) is 0.737. The SMILES string of the molecule is Cn1cncc1[C@H]1C[C@@H](NCc2cccn2Cc2cccs2)CCO1. The first-order valence-corrected chi connectivity index (χ1v) is 9.65. The van der Waals surface area contributed by atoms with E-state index in [1.807, 2.05) is 30.9 Å². The summed E-state index contributed by atoms with van der Waals surface area (Å²) in [5.74, 6) is 0. The van der Waals surface area contributed by atoms with E-state index in [1.54, 1.807) is 0 Å². The number of thiophene rings is 1. The van der Waals surface area contributed by atoms with E-state index in [0.29, 0.717) is 6.04 Å². The van der Waals surface area contributed by atoms with Crippen molar-refractivity contribution in [1.29, 1.82) is 0 Å². The minimum Gasteiger partial charge on any atom is -0.372 e. The normalized spacial score (nSPS) is 20.8. The summed E-state index contributed by atoms with van der Waals surface area (Å²) in [7, 11) is 2.03. The highest BCUT2D eigenvalue weighted by atomic mass is 32.1. The molecule has 4 rings (SSSR count). The maximum absolute atomic E-state index is 5.96. The van der Waals surface area contributed by atoms with Crippen LogP contribution < -0.4 is 5.32 Å². The molecular weight excluding hydrogens is 332 g/mol. The average molecular weight is 356 g/mol. The Balaban J connectivity index is 1.35. The molecule has 4 heterocycles. The molecule has 132 valence electrons. The second-order valence-corrected chi connectivity index (χ2v) is 7.63. The van der Waals surface area contributed by atoms with Crippen LogP contribution in [0.1, 0.15) is 35.2 Å². The van der Waals surface area contributed by atoms with E-state index in [9.17, 15) is 0 Å². The Bertz CT molecular complexity index is 792. The van der Waals surface area contributed by atoms with Crippen molar-refractivity contribution >= 4 is 11.3 Å². The minimum atomic E-state index is 0.136. The van der Waals surface area contributed by atoms with Gasteiger partial charge in [-0.25, -0.2) is 4.98 Å². The molecule has 1 aliphatic heterocycles. The molecule has 0 unspecified atom stereocenters. The topological polar surface area (TPSA) is 44.0 Å². The van der Waals surface area contributed by atoms with Gasteiger partial charge < -0.3 is 19.2 Å². The zero-order valence-corrected chi connectivity index (χ0v) is 15.3. The van der Waals surface area contributed by atoms with Gasteiger partial charge in [-0.15, -0.1) is 11.3 Å². The van der Waals surface area contributed by atoms with Crippen LogP contribution in [0.4, 0.5) is 0 Å². The van der Waals surface area contributed by atoms with Gasteiger partial charge in [-0.2, -0.15) is 0 Å². The van der Waals surface area contributed by atoms with Crippen molar-refractivity contribution in [3.63, 3.8) is 0 Å². The molecule has 1 N–H and O–H groups in total. The lowest BCUT2D eigenvalue weighted by atomic mass is 10.0. The molecule has 0 amide bonds. The zero-order valence-electron chi connectivity index (χ0n) is 14.5. The zero-order chi connectivity index (χ0) is 17.1. The maximum atomic E-state index is 5.96. The van der Waals surface area contributed by atoms with Crippen molar-refractivity contribution < 1.29 is 4.74 Å². The molecule has 6 heteroatoms. The third kappa shape index (κ3) is 3.86. The Morgan fingerprint density at radius 1 is 1.36 bits per heavy atom. The molecule has 0 aromatic carbocycles. The van der Waals surface area contributed by atoms with Gasteiger partial charge in [0.05, 0.1) is 24.8 Å². The number of ether oxygens (including phenoxy) is 1. The van der Waals surface area contributed by atoms with Crippen molar-refractivity contribution in [3.05, 3.63) is 64.6 Å². The minimum absolute atomic E-state index is 0.136. The number of imidazole rings is 1. The molecule has 0 radical (unpaired) electrons. The van der Waals surface area contributed by atoms with Crippen molar-refractivity contribution in [3.8, 4) is 0 Å². The van der Waals surface area contributed by atoms with E-state index in [4.69, 9.17) is 4.74 Å². The first kappa shape index (κ1) is 16.6. The van der Waals surface area contributed by atoms with Crippen molar-refractivity contribution in [1.82, 2.24) is 19.4 Å². The molecule has 0 saturated carbocycles. The molecule has 0 spiro atoms. The van der Waals surface area contributed by atoms with E-state index < -0.39 is 0 Å². The Hall–Kier alpha value is -1.89. The number of hydrogen-bond donors (Lipinski definition) is 1. The second-order valence-electron chi connectivity index (χ2n) is 6.60. The number of nitrogens with one attached hydrogen (secondary N) is 1. The summed E-state index contributed by atoms with van der Waals surface area (Å²) in [5, 5.41) is 5.86. The summed E-state index contributed by atoms with van der Waals surface area (Å²) in [4.78, 5) is 5.60. The Morgan fingerprint density at radius 3 is 3.12 bits per heavy atom. The van der Waals surface area contributed by atoms with Crippen LogP contribution in [0.15, 0.2) is 48.4 Å². The fraction of sp³-hybridized carbons (Fsp3) is 0.421. The summed E-state index contributed by atoms with van der Waals surface area (Å²) in [6.07, 6.45) is 8.10. The predicted octanol–water partition coefficient (Wildman–Crippen LogP) is 3.34. The summed E-state index contributed by atoms with van der Waals surface area (Å²) < 4.78 is 10.3. The molecule has 3 aromatic heterocycles. The van der Waals surface area contributed by atoms with Crippen molar-refractivity contribution in [2.45, 2.75) is 38.1 Å². The fourth-order valence-corrected chi connectivity index (χ4v) is 4.15. The van der Waals surface area contributed by atoms with Gasteiger partial charge in [0.2, 0.25) is 0 Å². The molecule has 3 aromatic rings. The number of nitrogens with zero attached hydrogens (tertiary/aromatic N) is 3. The lowest BCUT2D eigenvalue weighted by Gasteiger charge is -2.30. The van der Waals surface area contributed by atoms with Crippen LogP contribution in [0.5, 0.6) is 0 Å². The fourth-order valence-electron chi connectivity index (χ4n) is 3.45. The number of aromatic nitrogens is 3. The second kappa shape index (κ2) is 7.56. The monoisotopic (exact) mass is 356 g/mol. The van der Waals surface area contributed by atoms with Crippen LogP contribution in [-0.4, -0.2) is 26.8 Å². The summed E-state index contributed by atoms with van der Waals surface area (Å²) >= 11 is 1.81. The highest BCUT2D eigenvalue weighted by Gasteiger charge is 2.25. The third-order valence-electron chi connectivity index (χ3n) is 4.87. The Morgan fingerprint density at radius 2 is 2.32 bits per heavy atom. The van der Waals surface area contributed by atoms with Crippen LogP contribution in [0.25, 0.3) is 0 Å². The smallest absolute Gasteiger partial charge is 0.100 e. The highest BCUT2D eigenvalue weighted by Crippen LogP contribution is 2.27. The van der Waals surface area contributed by atoms with Gasteiger partial charge >= 0.3 is 0 Å². The Kier molecular flexibility index (Phi) is 5.01. The largest absolute Gasteiger partial charge is 0.372 e. The van der Waals surface area contributed by atoms with E-state index in [-0.39, 0.29) is 6.10 Å². The van der Waals surface area contributed by atoms with Gasteiger partial charge in [0.1, 0.15) is 6.10 Å². The van der Waals surface area contributed by atoms with Gasteiger partial charge in [-0.1, -0.05) is 6.07 Å². The van der Waals surface area contributed by atoms with Crippen LogP contribution in [0.2, 0.25) is 0 Å². The van der Waals surface area contributed by atoms with Gasteiger partial charge in [0.15, 0.2) is 0 Å². The highest BCUT2D eigenvalue weighted by molar-refractivity contribution is 7.09. The van der Waals surface area contributed by atoms with Crippen molar-refractivity contribution in [2.24, 2.45) is 7.05 Å². The van der Waals surface area contributed by atoms with Crippen molar-refractivity contribution in [2.75, 3.05) is 6.61 Å². The summed E-state index contributed by atoms with van der Waals surface area (Å²) in [5.41, 5.74) is 2.49. The Labute approximate surface area is 152 Å². The van der Waals surface area contributed by atoms with E-state index in [1.165, 1.54) is 10.6 Å².